The lowest BCUT2D eigenvalue weighted by Gasteiger charge is -2.33. The zero-order valence-corrected chi connectivity index (χ0v) is 21.2. The lowest BCUT2D eigenvalue weighted by molar-refractivity contribution is 0.310. The Morgan fingerprint density at radius 1 is 0.971 bits per heavy atom. The Hall–Kier alpha value is -3.52. The van der Waals surface area contributed by atoms with Crippen LogP contribution in [0.5, 0.6) is 0 Å². The van der Waals surface area contributed by atoms with E-state index < -0.39 is 0 Å². The first-order valence-electron chi connectivity index (χ1n) is 12.2. The third kappa shape index (κ3) is 4.71. The maximum Gasteiger partial charge on any atom is 0.270 e. The minimum Gasteiger partial charge on any atom is -0.338 e. The predicted molar refractivity (Wildman–Crippen MR) is 139 cm³/mol. The van der Waals surface area contributed by atoms with E-state index in [9.17, 15) is 4.79 Å². The highest BCUT2D eigenvalue weighted by atomic mass is 16.1. The molecule has 1 aliphatic heterocycles. The Bertz CT molecular complexity index is 1390. The summed E-state index contributed by atoms with van der Waals surface area (Å²) in [5.41, 5.74) is 5.29. The highest BCUT2D eigenvalue weighted by Gasteiger charge is 2.23. The van der Waals surface area contributed by atoms with Crippen LogP contribution in [0.25, 0.3) is 17.0 Å². The molecule has 35 heavy (non-hydrogen) atoms. The molecule has 5 rings (SSSR count). The van der Waals surface area contributed by atoms with Gasteiger partial charge < -0.3 is 9.80 Å². The largest absolute Gasteiger partial charge is 0.338 e. The lowest BCUT2D eigenvalue weighted by Crippen LogP contribution is -2.45. The number of aromatic amines is 1. The molecule has 1 fully saturated rings. The van der Waals surface area contributed by atoms with Gasteiger partial charge in [-0.3, -0.25) is 14.9 Å². The quantitative estimate of drug-likeness (QED) is 0.491. The maximum atomic E-state index is 13.1. The van der Waals surface area contributed by atoms with Crippen LogP contribution in [-0.4, -0.2) is 62.7 Å². The van der Waals surface area contributed by atoms with Crippen LogP contribution in [0.15, 0.2) is 47.4 Å². The number of hydrogen-bond acceptors (Lipinski definition) is 6. The zero-order valence-electron chi connectivity index (χ0n) is 21.2. The first-order chi connectivity index (χ1) is 16.7. The fourth-order valence-electron chi connectivity index (χ4n) is 4.42. The molecule has 0 radical (unpaired) electrons. The number of aryl methyl sites for hydroxylation is 1. The number of piperazine rings is 1. The van der Waals surface area contributed by atoms with Crippen molar-refractivity contribution in [1.82, 2.24) is 29.5 Å². The Morgan fingerprint density at radius 2 is 1.69 bits per heavy atom. The molecule has 0 saturated carbocycles. The van der Waals surface area contributed by atoms with Gasteiger partial charge in [0.2, 0.25) is 5.95 Å². The molecule has 0 atom stereocenters. The lowest BCUT2D eigenvalue weighted by atomic mass is 9.87. The van der Waals surface area contributed by atoms with Gasteiger partial charge >= 0.3 is 0 Å². The summed E-state index contributed by atoms with van der Waals surface area (Å²) in [5, 5.41) is 3.00. The summed E-state index contributed by atoms with van der Waals surface area (Å²) >= 11 is 0. The first kappa shape index (κ1) is 23.2. The second-order valence-electron chi connectivity index (χ2n) is 10.5. The molecule has 182 valence electrons. The van der Waals surface area contributed by atoms with Crippen LogP contribution >= 0.6 is 0 Å². The second kappa shape index (κ2) is 8.92. The van der Waals surface area contributed by atoms with Crippen LogP contribution in [0.3, 0.4) is 0 Å². The van der Waals surface area contributed by atoms with Gasteiger partial charge in [0.15, 0.2) is 11.5 Å². The number of nitrogens with zero attached hydrogens (tertiary/aromatic N) is 6. The van der Waals surface area contributed by atoms with Crippen LogP contribution in [0.4, 0.5) is 5.95 Å². The monoisotopic (exact) mass is 471 g/mol. The summed E-state index contributed by atoms with van der Waals surface area (Å²) in [6.45, 7) is 12.1. The van der Waals surface area contributed by atoms with Crippen molar-refractivity contribution in [3.63, 3.8) is 0 Å². The van der Waals surface area contributed by atoms with Crippen LogP contribution in [0.2, 0.25) is 0 Å². The molecule has 1 aliphatic rings. The van der Waals surface area contributed by atoms with Crippen LogP contribution in [0, 0.1) is 6.92 Å². The predicted octanol–water partition coefficient (Wildman–Crippen LogP) is 3.43. The Kier molecular flexibility index (Phi) is 5.92. The van der Waals surface area contributed by atoms with Gasteiger partial charge in [-0.15, -0.1) is 0 Å². The molecule has 1 saturated heterocycles. The Balaban J connectivity index is 1.64. The molecule has 3 aromatic heterocycles. The summed E-state index contributed by atoms with van der Waals surface area (Å²) in [6.07, 6.45) is 2.29. The molecule has 1 N–H and O–H groups in total. The first-order valence-corrected chi connectivity index (χ1v) is 12.2. The number of benzene rings is 1. The van der Waals surface area contributed by atoms with Crippen molar-refractivity contribution in [2.24, 2.45) is 0 Å². The molecular weight excluding hydrogens is 438 g/mol. The van der Waals surface area contributed by atoms with Gasteiger partial charge in [-0.2, -0.15) is 4.98 Å². The summed E-state index contributed by atoms with van der Waals surface area (Å²) in [7, 11) is 2.13. The number of H-pyrrole nitrogens is 1. The van der Waals surface area contributed by atoms with Gasteiger partial charge in [-0.05, 0) is 36.6 Å². The van der Waals surface area contributed by atoms with E-state index in [4.69, 9.17) is 9.97 Å². The van der Waals surface area contributed by atoms with Crippen molar-refractivity contribution in [2.75, 3.05) is 38.1 Å². The highest BCUT2D eigenvalue weighted by molar-refractivity contribution is 5.63. The average Bonchev–Trinajstić information content (AvgIpc) is 3.15. The standard InChI is InChI=1S/C27H33N7O/c1-18-6-7-19(17-28-18)16-22-24-29-23(20-8-10-21(11-9-20)27(2,3)4)30-26(34(24)31-25(22)35)33-14-12-32(5)13-15-33/h6-11,17H,12-16H2,1-5H3,(H,31,35). The third-order valence-electron chi connectivity index (χ3n) is 6.74. The molecular formula is C27H33N7O. The summed E-state index contributed by atoms with van der Waals surface area (Å²) in [4.78, 5) is 31.9. The molecule has 0 spiro atoms. The molecule has 1 aromatic carbocycles. The smallest absolute Gasteiger partial charge is 0.270 e. The number of anilines is 1. The van der Waals surface area contributed by atoms with E-state index in [0.29, 0.717) is 23.5 Å². The molecule has 0 aliphatic carbocycles. The number of hydrogen-bond donors (Lipinski definition) is 1. The van der Waals surface area contributed by atoms with Crippen molar-refractivity contribution in [1.29, 1.82) is 0 Å². The SMILES string of the molecule is Cc1ccc(Cc2c(=O)[nH]n3c(N4CCN(C)CC4)nc(-c4ccc(C(C)(C)C)cc4)nc23)cn1. The fraction of sp³-hybridized carbons (Fsp3) is 0.407. The van der Waals surface area contributed by atoms with Crippen LogP contribution in [-0.2, 0) is 11.8 Å². The number of likely N-dealkylation sites (N-methyl/N-ethyl adjacent to an activating group) is 1. The summed E-state index contributed by atoms with van der Waals surface area (Å²) in [6, 6.07) is 12.4. The zero-order chi connectivity index (χ0) is 24.7. The van der Waals surface area contributed by atoms with E-state index in [1.54, 1.807) is 4.52 Å². The van der Waals surface area contributed by atoms with E-state index in [1.807, 2.05) is 25.3 Å². The van der Waals surface area contributed by atoms with Crippen molar-refractivity contribution >= 4 is 11.6 Å². The maximum absolute atomic E-state index is 13.1. The van der Waals surface area contributed by atoms with Gasteiger partial charge in [0.25, 0.3) is 5.56 Å². The number of rotatable bonds is 4. The number of pyridine rings is 1. The average molecular weight is 472 g/mol. The van der Waals surface area contributed by atoms with Crippen molar-refractivity contribution in [2.45, 2.75) is 39.5 Å². The molecule has 4 aromatic rings. The number of aromatic nitrogens is 5. The molecule has 0 bridgehead atoms. The third-order valence-corrected chi connectivity index (χ3v) is 6.74. The minimum absolute atomic E-state index is 0.0670. The van der Waals surface area contributed by atoms with Crippen molar-refractivity contribution < 1.29 is 0 Å². The van der Waals surface area contributed by atoms with E-state index >= 15 is 0 Å². The molecule has 8 nitrogen and oxygen atoms in total. The molecule has 8 heteroatoms. The normalized spacial score (nSPS) is 15.2. The topological polar surface area (TPSA) is 82.4 Å². The number of fused-ring (bicyclic) bond motifs is 1. The number of nitrogens with one attached hydrogen (secondary N) is 1. The van der Waals surface area contributed by atoms with E-state index in [2.05, 4.69) is 72.0 Å². The Labute approximate surface area is 205 Å². The van der Waals surface area contributed by atoms with Crippen LogP contribution in [0.1, 0.15) is 43.2 Å². The summed E-state index contributed by atoms with van der Waals surface area (Å²) in [5.74, 6) is 1.35. The van der Waals surface area contributed by atoms with E-state index in [0.717, 1.165) is 48.9 Å². The van der Waals surface area contributed by atoms with Crippen molar-refractivity contribution in [3.8, 4) is 11.4 Å². The molecule has 4 heterocycles. The van der Waals surface area contributed by atoms with Gasteiger partial charge in [-0.1, -0.05) is 51.1 Å². The van der Waals surface area contributed by atoms with Crippen molar-refractivity contribution in [3.05, 3.63) is 75.3 Å². The highest BCUT2D eigenvalue weighted by Crippen LogP contribution is 2.27. The van der Waals surface area contributed by atoms with E-state index in [1.165, 1.54) is 5.56 Å². The van der Waals surface area contributed by atoms with Gasteiger partial charge in [0, 0.05) is 50.1 Å². The molecule has 0 unspecified atom stereocenters. The fourth-order valence-corrected chi connectivity index (χ4v) is 4.42. The van der Waals surface area contributed by atoms with Crippen LogP contribution < -0.4 is 10.5 Å². The molecule has 0 amide bonds. The van der Waals surface area contributed by atoms with Gasteiger partial charge in [0.1, 0.15) is 0 Å². The second-order valence-corrected chi connectivity index (χ2v) is 10.5. The van der Waals surface area contributed by atoms with E-state index in [-0.39, 0.29) is 11.0 Å². The summed E-state index contributed by atoms with van der Waals surface area (Å²) < 4.78 is 1.76. The minimum atomic E-state index is -0.143. The van der Waals surface area contributed by atoms with Gasteiger partial charge in [-0.25, -0.2) is 9.50 Å². The Morgan fingerprint density at radius 3 is 2.31 bits per heavy atom. The van der Waals surface area contributed by atoms with Gasteiger partial charge in [0.05, 0.1) is 5.56 Å².